The first-order valence-corrected chi connectivity index (χ1v) is 4.10. The number of hydrogen-bond donors (Lipinski definition) is 1. The molecule has 0 heterocycles. The molecule has 1 N–H and O–H groups in total. The van der Waals surface area contributed by atoms with Gasteiger partial charge in [-0.3, -0.25) is 4.79 Å². The Morgan fingerprint density at radius 3 is 2.71 bits per heavy atom. The summed E-state index contributed by atoms with van der Waals surface area (Å²) in [6, 6.07) is 2.99. The van der Waals surface area contributed by atoms with Gasteiger partial charge in [0.15, 0.2) is 11.6 Å². The maximum atomic E-state index is 13.4. The summed E-state index contributed by atoms with van der Waals surface area (Å²) >= 11 is 0. The zero-order valence-electron chi connectivity index (χ0n) is 8.00. The molecule has 14 heavy (non-hydrogen) atoms. The van der Waals surface area contributed by atoms with Crippen molar-refractivity contribution in [3.63, 3.8) is 0 Å². The molecule has 4 heteroatoms. The number of methoxy groups -OCH3 is 1. The molecule has 0 fully saturated rings. The van der Waals surface area contributed by atoms with Gasteiger partial charge in [-0.2, -0.15) is 0 Å². The maximum Gasteiger partial charge on any atom is 0.307 e. The Bertz CT molecular complexity index is 361. The molecule has 0 aromatic heterocycles. The molecule has 0 atom stereocenters. The van der Waals surface area contributed by atoms with Gasteiger partial charge in [-0.1, -0.05) is 6.07 Å². The van der Waals surface area contributed by atoms with E-state index in [0.717, 1.165) is 0 Å². The molecule has 0 aliphatic carbocycles. The van der Waals surface area contributed by atoms with E-state index in [2.05, 4.69) is 0 Å². The van der Waals surface area contributed by atoms with Crippen molar-refractivity contribution in [2.45, 2.75) is 13.3 Å². The van der Waals surface area contributed by atoms with Crippen LogP contribution in [-0.2, 0) is 11.2 Å². The van der Waals surface area contributed by atoms with Gasteiger partial charge < -0.3 is 9.84 Å². The Morgan fingerprint density at radius 2 is 2.21 bits per heavy atom. The first-order chi connectivity index (χ1) is 6.56. The van der Waals surface area contributed by atoms with Crippen molar-refractivity contribution in [1.29, 1.82) is 0 Å². The SMILES string of the molecule is COc1ccc(CC(=O)O)c(C)c1F. The van der Waals surface area contributed by atoms with Gasteiger partial charge in [0.25, 0.3) is 0 Å². The summed E-state index contributed by atoms with van der Waals surface area (Å²) in [7, 11) is 1.37. The number of ether oxygens (including phenoxy) is 1. The average Bonchev–Trinajstić information content (AvgIpc) is 2.13. The van der Waals surface area contributed by atoms with Crippen molar-refractivity contribution in [3.8, 4) is 5.75 Å². The van der Waals surface area contributed by atoms with Crippen LogP contribution in [0.25, 0.3) is 0 Å². The van der Waals surface area contributed by atoms with Crippen LogP contribution in [0.5, 0.6) is 5.75 Å². The molecule has 0 saturated heterocycles. The summed E-state index contributed by atoms with van der Waals surface area (Å²) in [6.07, 6.45) is -0.174. The van der Waals surface area contributed by atoms with Crippen LogP contribution in [0, 0.1) is 12.7 Å². The second-order valence-electron chi connectivity index (χ2n) is 2.94. The zero-order valence-corrected chi connectivity index (χ0v) is 8.00. The number of carbonyl (C=O) groups is 1. The minimum atomic E-state index is -0.974. The van der Waals surface area contributed by atoms with Gasteiger partial charge in [0, 0.05) is 0 Å². The fourth-order valence-corrected chi connectivity index (χ4v) is 1.21. The van der Waals surface area contributed by atoms with Crippen LogP contribution >= 0.6 is 0 Å². The Balaban J connectivity index is 3.10. The molecule has 0 unspecified atom stereocenters. The maximum absolute atomic E-state index is 13.4. The van der Waals surface area contributed by atoms with Crippen LogP contribution in [0.4, 0.5) is 4.39 Å². The van der Waals surface area contributed by atoms with Crippen LogP contribution in [0.2, 0.25) is 0 Å². The Labute approximate surface area is 81.1 Å². The summed E-state index contributed by atoms with van der Waals surface area (Å²) < 4.78 is 18.2. The molecular weight excluding hydrogens is 187 g/mol. The summed E-state index contributed by atoms with van der Waals surface area (Å²) in [6.45, 7) is 1.54. The molecule has 76 valence electrons. The fourth-order valence-electron chi connectivity index (χ4n) is 1.21. The van der Waals surface area contributed by atoms with Gasteiger partial charge in [-0.25, -0.2) is 4.39 Å². The molecule has 3 nitrogen and oxygen atoms in total. The number of benzene rings is 1. The quantitative estimate of drug-likeness (QED) is 0.805. The van der Waals surface area contributed by atoms with E-state index in [0.29, 0.717) is 11.1 Å². The van der Waals surface area contributed by atoms with Crippen molar-refractivity contribution in [2.75, 3.05) is 7.11 Å². The highest BCUT2D eigenvalue weighted by Crippen LogP contribution is 2.23. The zero-order chi connectivity index (χ0) is 10.7. The van der Waals surface area contributed by atoms with E-state index in [1.54, 1.807) is 6.07 Å². The van der Waals surface area contributed by atoms with Gasteiger partial charge in [-0.05, 0) is 24.1 Å². The second-order valence-corrected chi connectivity index (χ2v) is 2.94. The van der Waals surface area contributed by atoms with Crippen LogP contribution in [0.15, 0.2) is 12.1 Å². The van der Waals surface area contributed by atoms with Crippen molar-refractivity contribution >= 4 is 5.97 Å². The summed E-state index contributed by atoms with van der Waals surface area (Å²) in [4.78, 5) is 10.4. The molecule has 0 spiro atoms. The first kappa shape index (κ1) is 10.5. The Hall–Kier alpha value is -1.58. The van der Waals surface area contributed by atoms with E-state index in [1.165, 1.54) is 20.1 Å². The lowest BCUT2D eigenvalue weighted by Gasteiger charge is -2.08. The van der Waals surface area contributed by atoms with Gasteiger partial charge >= 0.3 is 5.97 Å². The van der Waals surface area contributed by atoms with Gasteiger partial charge in [0.2, 0.25) is 0 Å². The van der Waals surface area contributed by atoms with E-state index in [4.69, 9.17) is 9.84 Å². The van der Waals surface area contributed by atoms with Crippen molar-refractivity contribution < 1.29 is 19.0 Å². The highest BCUT2D eigenvalue weighted by atomic mass is 19.1. The third kappa shape index (κ3) is 2.02. The number of halogens is 1. The lowest BCUT2D eigenvalue weighted by atomic mass is 10.0. The van der Waals surface area contributed by atoms with Crippen molar-refractivity contribution in [1.82, 2.24) is 0 Å². The summed E-state index contributed by atoms with van der Waals surface area (Å²) in [5, 5.41) is 8.56. The van der Waals surface area contributed by atoms with Crippen LogP contribution in [0.3, 0.4) is 0 Å². The number of aliphatic carboxylic acids is 1. The molecule has 0 aliphatic heterocycles. The lowest BCUT2D eigenvalue weighted by Crippen LogP contribution is -2.04. The molecule has 1 aromatic rings. The van der Waals surface area contributed by atoms with Gasteiger partial charge in [0.05, 0.1) is 13.5 Å². The summed E-state index contributed by atoms with van der Waals surface area (Å²) in [5.41, 5.74) is 0.794. The topological polar surface area (TPSA) is 46.5 Å². The monoisotopic (exact) mass is 198 g/mol. The van der Waals surface area contributed by atoms with E-state index in [-0.39, 0.29) is 12.2 Å². The molecule has 1 aromatic carbocycles. The van der Waals surface area contributed by atoms with E-state index >= 15 is 0 Å². The molecule has 0 saturated carbocycles. The second kappa shape index (κ2) is 4.09. The normalized spacial score (nSPS) is 9.93. The minimum absolute atomic E-state index is 0.136. The van der Waals surface area contributed by atoms with Gasteiger partial charge in [0.1, 0.15) is 0 Å². The Morgan fingerprint density at radius 1 is 1.57 bits per heavy atom. The third-order valence-electron chi connectivity index (χ3n) is 2.02. The first-order valence-electron chi connectivity index (χ1n) is 4.10. The number of carboxylic acids is 1. The van der Waals surface area contributed by atoms with E-state index in [1.807, 2.05) is 0 Å². The highest BCUT2D eigenvalue weighted by molar-refractivity contribution is 5.70. The highest BCUT2D eigenvalue weighted by Gasteiger charge is 2.11. The predicted octanol–water partition coefficient (Wildman–Crippen LogP) is 1.77. The van der Waals surface area contributed by atoms with Crippen LogP contribution in [0.1, 0.15) is 11.1 Å². The molecule has 1 rings (SSSR count). The van der Waals surface area contributed by atoms with Crippen LogP contribution < -0.4 is 4.74 Å². The lowest BCUT2D eigenvalue weighted by molar-refractivity contribution is -0.136. The smallest absolute Gasteiger partial charge is 0.307 e. The molecule has 0 bridgehead atoms. The average molecular weight is 198 g/mol. The number of carboxylic acid groups (broad SMARTS) is 1. The fraction of sp³-hybridized carbons (Fsp3) is 0.300. The van der Waals surface area contributed by atoms with Crippen molar-refractivity contribution in [3.05, 3.63) is 29.1 Å². The predicted molar refractivity (Wildman–Crippen MR) is 49.0 cm³/mol. The molecular formula is C10H11FO3. The third-order valence-corrected chi connectivity index (χ3v) is 2.02. The Kier molecular flexibility index (Phi) is 3.06. The molecule has 0 aliphatic rings. The largest absolute Gasteiger partial charge is 0.494 e. The number of rotatable bonds is 3. The standard InChI is InChI=1S/C10H11FO3/c1-6-7(5-9(12)13)3-4-8(14-2)10(6)11/h3-4H,5H2,1-2H3,(H,12,13). The van der Waals surface area contributed by atoms with E-state index < -0.39 is 11.8 Å². The number of hydrogen-bond acceptors (Lipinski definition) is 2. The van der Waals surface area contributed by atoms with Crippen LogP contribution in [-0.4, -0.2) is 18.2 Å². The van der Waals surface area contributed by atoms with Gasteiger partial charge in [-0.15, -0.1) is 0 Å². The molecule has 0 radical (unpaired) electrons. The van der Waals surface area contributed by atoms with E-state index in [9.17, 15) is 9.18 Å². The summed E-state index contributed by atoms with van der Waals surface area (Å²) in [5.74, 6) is -1.33. The molecule has 0 amide bonds. The minimum Gasteiger partial charge on any atom is -0.494 e. The van der Waals surface area contributed by atoms with Crippen molar-refractivity contribution in [2.24, 2.45) is 0 Å².